The molecule has 0 saturated carbocycles. The Balaban J connectivity index is 1.70. The highest BCUT2D eigenvalue weighted by Gasteiger charge is 2.27. The van der Waals surface area contributed by atoms with E-state index < -0.39 is 0 Å². The summed E-state index contributed by atoms with van der Waals surface area (Å²) in [6, 6.07) is 3.46. The van der Waals surface area contributed by atoms with Crippen LogP contribution in [0.25, 0.3) is 0 Å². The first kappa shape index (κ1) is 19.7. The molecular weight excluding hydrogens is 334 g/mol. The summed E-state index contributed by atoms with van der Waals surface area (Å²) >= 11 is 0. The average molecular weight is 361 g/mol. The minimum atomic E-state index is -0.148. The van der Waals surface area contributed by atoms with E-state index in [9.17, 15) is 9.59 Å². The van der Waals surface area contributed by atoms with Gasteiger partial charge in [-0.05, 0) is 31.9 Å². The van der Waals surface area contributed by atoms with Crippen LogP contribution in [0.15, 0.2) is 29.5 Å². The molecule has 1 saturated heterocycles. The predicted molar refractivity (Wildman–Crippen MR) is 98.9 cm³/mol. The molecule has 0 radical (unpaired) electrons. The van der Waals surface area contributed by atoms with E-state index in [4.69, 9.17) is 4.74 Å². The third kappa shape index (κ3) is 5.72. The molecule has 2 heterocycles. The zero-order valence-electron chi connectivity index (χ0n) is 15.4. The van der Waals surface area contributed by atoms with Gasteiger partial charge in [0.15, 0.2) is 5.96 Å². The number of amides is 1. The fraction of sp³-hybridized carbons (Fsp3) is 0.556. The van der Waals surface area contributed by atoms with Crippen molar-refractivity contribution in [3.05, 3.63) is 30.1 Å². The molecule has 0 aliphatic carbocycles. The molecule has 1 aromatic heterocycles. The summed E-state index contributed by atoms with van der Waals surface area (Å²) in [6.45, 7) is 4.80. The number of nitrogens with one attached hydrogen (secondary N) is 2. The maximum absolute atomic E-state index is 12.0. The van der Waals surface area contributed by atoms with Crippen LogP contribution in [-0.2, 0) is 9.53 Å². The van der Waals surface area contributed by atoms with Crippen LogP contribution >= 0.6 is 0 Å². The highest BCUT2D eigenvalue weighted by Crippen LogP contribution is 2.18. The number of likely N-dealkylation sites (tertiary alicyclic amines) is 1. The second kappa shape index (κ2) is 10.4. The van der Waals surface area contributed by atoms with Crippen molar-refractivity contribution in [3.63, 3.8) is 0 Å². The van der Waals surface area contributed by atoms with Crippen LogP contribution in [0.1, 0.15) is 30.1 Å². The van der Waals surface area contributed by atoms with E-state index in [0.29, 0.717) is 25.3 Å². The molecule has 1 aromatic rings. The first-order valence-electron chi connectivity index (χ1n) is 8.96. The van der Waals surface area contributed by atoms with E-state index in [2.05, 4.69) is 25.5 Å². The lowest BCUT2D eigenvalue weighted by molar-refractivity contribution is -0.149. The monoisotopic (exact) mass is 361 g/mol. The summed E-state index contributed by atoms with van der Waals surface area (Å²) in [7, 11) is 1.73. The number of carbonyl (C=O) groups excluding carboxylic acids is 2. The van der Waals surface area contributed by atoms with Crippen molar-refractivity contribution in [1.29, 1.82) is 0 Å². The molecule has 1 fully saturated rings. The molecule has 2 rings (SSSR count). The average Bonchev–Trinajstić information content (AvgIpc) is 2.69. The van der Waals surface area contributed by atoms with Crippen LogP contribution in [0.2, 0.25) is 0 Å². The summed E-state index contributed by atoms with van der Waals surface area (Å²) in [6.07, 6.45) is 4.69. The van der Waals surface area contributed by atoms with Crippen LogP contribution in [0.4, 0.5) is 0 Å². The number of hydrogen-bond donors (Lipinski definition) is 2. The number of esters is 1. The maximum atomic E-state index is 12.0. The van der Waals surface area contributed by atoms with Gasteiger partial charge in [-0.2, -0.15) is 0 Å². The van der Waals surface area contributed by atoms with Gasteiger partial charge in [0.2, 0.25) is 0 Å². The molecule has 0 bridgehead atoms. The Morgan fingerprint density at radius 1 is 1.31 bits per heavy atom. The molecule has 8 nitrogen and oxygen atoms in total. The Labute approximate surface area is 154 Å². The summed E-state index contributed by atoms with van der Waals surface area (Å²) < 4.78 is 5.09. The molecule has 1 amide bonds. The summed E-state index contributed by atoms with van der Waals surface area (Å²) in [5.41, 5.74) is 0.540. The Hall–Kier alpha value is -2.64. The smallest absolute Gasteiger partial charge is 0.309 e. The van der Waals surface area contributed by atoms with Gasteiger partial charge >= 0.3 is 5.97 Å². The number of aliphatic imine (C=N–C) groups is 1. The van der Waals surface area contributed by atoms with Gasteiger partial charge < -0.3 is 20.3 Å². The Kier molecular flexibility index (Phi) is 7.85. The molecule has 0 aromatic carbocycles. The Morgan fingerprint density at radius 2 is 2.04 bits per heavy atom. The Bertz CT molecular complexity index is 613. The van der Waals surface area contributed by atoms with Crippen molar-refractivity contribution in [2.45, 2.75) is 19.8 Å². The van der Waals surface area contributed by atoms with E-state index in [1.165, 1.54) is 6.20 Å². The topological polar surface area (TPSA) is 95.9 Å². The first-order chi connectivity index (χ1) is 12.7. The number of nitrogens with zero attached hydrogens (tertiary/aromatic N) is 3. The summed E-state index contributed by atoms with van der Waals surface area (Å²) in [5, 5.41) is 6.09. The van der Waals surface area contributed by atoms with Crippen LogP contribution < -0.4 is 10.6 Å². The minimum Gasteiger partial charge on any atom is -0.466 e. The van der Waals surface area contributed by atoms with E-state index in [1.807, 2.05) is 6.92 Å². The molecule has 0 unspecified atom stereocenters. The number of carbonyl (C=O) groups is 2. The van der Waals surface area contributed by atoms with E-state index in [-0.39, 0.29) is 17.8 Å². The Morgan fingerprint density at radius 3 is 2.65 bits per heavy atom. The van der Waals surface area contributed by atoms with Gasteiger partial charge in [-0.3, -0.25) is 19.6 Å². The first-order valence-corrected chi connectivity index (χ1v) is 8.96. The fourth-order valence-corrected chi connectivity index (χ4v) is 2.87. The number of rotatable bonds is 6. The van der Waals surface area contributed by atoms with Crippen LogP contribution in [0.3, 0.4) is 0 Å². The van der Waals surface area contributed by atoms with Crippen molar-refractivity contribution in [2.75, 3.05) is 39.8 Å². The van der Waals surface area contributed by atoms with E-state index in [1.54, 1.807) is 25.4 Å². The fourth-order valence-electron chi connectivity index (χ4n) is 2.87. The van der Waals surface area contributed by atoms with Gasteiger partial charge in [0.1, 0.15) is 0 Å². The van der Waals surface area contributed by atoms with Gasteiger partial charge in [-0.15, -0.1) is 0 Å². The van der Waals surface area contributed by atoms with Crippen LogP contribution in [0.5, 0.6) is 0 Å². The van der Waals surface area contributed by atoms with Crippen molar-refractivity contribution in [3.8, 4) is 0 Å². The lowest BCUT2D eigenvalue weighted by atomic mass is 9.97. The van der Waals surface area contributed by atoms with Crippen molar-refractivity contribution in [1.82, 2.24) is 20.5 Å². The summed E-state index contributed by atoms with van der Waals surface area (Å²) in [4.78, 5) is 34.1. The third-order valence-corrected chi connectivity index (χ3v) is 4.24. The van der Waals surface area contributed by atoms with Crippen LogP contribution in [-0.4, -0.2) is 67.6 Å². The molecule has 1 aliphatic heterocycles. The SMILES string of the molecule is CCOC(=O)C1CCN(C(=NC)NCCNC(=O)c2cccnc2)CC1. The van der Waals surface area contributed by atoms with E-state index >= 15 is 0 Å². The molecule has 142 valence electrons. The summed E-state index contributed by atoms with van der Waals surface area (Å²) in [5.74, 6) is 0.504. The number of ether oxygens (including phenoxy) is 1. The number of aromatic nitrogens is 1. The van der Waals surface area contributed by atoms with Gasteiger partial charge in [-0.25, -0.2) is 0 Å². The standard InChI is InChI=1S/C18H27N5O3/c1-3-26-17(25)14-6-11-23(12-7-14)18(19-2)22-10-9-21-16(24)15-5-4-8-20-13-15/h4-5,8,13-14H,3,6-7,9-12H2,1-2H3,(H,19,22)(H,21,24). The van der Waals surface area contributed by atoms with Crippen molar-refractivity contribution >= 4 is 17.8 Å². The highest BCUT2D eigenvalue weighted by atomic mass is 16.5. The normalized spacial score (nSPS) is 15.5. The molecule has 0 atom stereocenters. The number of pyridine rings is 1. The molecule has 0 spiro atoms. The molecule has 8 heteroatoms. The maximum Gasteiger partial charge on any atom is 0.309 e. The lowest BCUT2D eigenvalue weighted by Gasteiger charge is -2.33. The van der Waals surface area contributed by atoms with Crippen molar-refractivity contribution < 1.29 is 14.3 Å². The largest absolute Gasteiger partial charge is 0.466 e. The third-order valence-electron chi connectivity index (χ3n) is 4.24. The molecular formula is C18H27N5O3. The van der Waals surface area contributed by atoms with Gasteiger partial charge in [-0.1, -0.05) is 0 Å². The van der Waals surface area contributed by atoms with Gasteiger partial charge in [0, 0.05) is 45.6 Å². The number of hydrogen-bond acceptors (Lipinski definition) is 5. The van der Waals surface area contributed by atoms with E-state index in [0.717, 1.165) is 31.9 Å². The second-order valence-corrected chi connectivity index (χ2v) is 5.98. The molecule has 2 N–H and O–H groups in total. The highest BCUT2D eigenvalue weighted by molar-refractivity contribution is 5.93. The molecule has 26 heavy (non-hydrogen) atoms. The second-order valence-electron chi connectivity index (χ2n) is 5.98. The zero-order chi connectivity index (χ0) is 18.8. The van der Waals surface area contributed by atoms with Crippen molar-refractivity contribution in [2.24, 2.45) is 10.9 Å². The predicted octanol–water partition coefficient (Wildman–Crippen LogP) is 0.662. The number of piperidine rings is 1. The zero-order valence-corrected chi connectivity index (χ0v) is 15.4. The lowest BCUT2D eigenvalue weighted by Crippen LogP contribution is -2.48. The van der Waals surface area contributed by atoms with Gasteiger partial charge in [0.25, 0.3) is 5.91 Å². The number of guanidine groups is 1. The van der Waals surface area contributed by atoms with Gasteiger partial charge in [0.05, 0.1) is 18.1 Å². The minimum absolute atomic E-state index is 0.0249. The molecule has 1 aliphatic rings. The van der Waals surface area contributed by atoms with Crippen LogP contribution in [0, 0.1) is 5.92 Å². The quantitative estimate of drug-likeness (QED) is 0.334.